The third-order valence-corrected chi connectivity index (χ3v) is 3.71. The second-order valence-corrected chi connectivity index (χ2v) is 5.64. The van der Waals surface area contributed by atoms with Crippen LogP contribution in [0.5, 0.6) is 0 Å². The normalized spacial score (nSPS) is 12.9. The van der Waals surface area contributed by atoms with Crippen LogP contribution < -0.4 is 5.32 Å². The summed E-state index contributed by atoms with van der Waals surface area (Å²) in [6.45, 7) is 10.0. The van der Waals surface area contributed by atoms with Crippen molar-refractivity contribution in [1.82, 2.24) is 10.2 Å². The molecule has 0 aliphatic heterocycles. The Kier molecular flexibility index (Phi) is 7.76. The van der Waals surface area contributed by atoms with E-state index in [2.05, 4.69) is 62.3 Å². The molecule has 0 amide bonds. The van der Waals surface area contributed by atoms with Crippen LogP contribution in [0.1, 0.15) is 44.2 Å². The van der Waals surface area contributed by atoms with Crippen molar-refractivity contribution in [2.75, 3.05) is 20.1 Å². The molecule has 0 aliphatic carbocycles. The molecule has 1 unspecified atom stereocenters. The maximum Gasteiger partial charge on any atom is 0.0233 e. The Morgan fingerprint density at radius 2 is 1.84 bits per heavy atom. The van der Waals surface area contributed by atoms with Gasteiger partial charge in [-0.2, -0.15) is 0 Å². The molecule has 2 heteroatoms. The molecule has 0 saturated carbocycles. The number of hydrogen-bond donors (Lipinski definition) is 1. The molecular weight excluding hydrogens is 232 g/mol. The van der Waals surface area contributed by atoms with Gasteiger partial charge >= 0.3 is 0 Å². The van der Waals surface area contributed by atoms with Crippen molar-refractivity contribution in [2.24, 2.45) is 0 Å². The maximum atomic E-state index is 3.47. The second kappa shape index (κ2) is 9.11. The van der Waals surface area contributed by atoms with E-state index in [1.54, 1.807) is 0 Å². The predicted octanol–water partition coefficient (Wildman–Crippen LogP) is 3.60. The fourth-order valence-electron chi connectivity index (χ4n) is 2.18. The topological polar surface area (TPSA) is 15.3 Å². The van der Waals surface area contributed by atoms with Crippen LogP contribution in [0.3, 0.4) is 0 Å². The summed E-state index contributed by atoms with van der Waals surface area (Å²) in [6.07, 6.45) is 3.75. The zero-order valence-corrected chi connectivity index (χ0v) is 13.1. The highest BCUT2D eigenvalue weighted by Crippen LogP contribution is 2.10. The molecule has 1 rings (SSSR count). The van der Waals surface area contributed by atoms with Crippen LogP contribution in [-0.2, 0) is 6.54 Å². The van der Waals surface area contributed by atoms with Gasteiger partial charge in [0, 0.05) is 12.6 Å². The van der Waals surface area contributed by atoms with Crippen molar-refractivity contribution in [3.8, 4) is 0 Å². The van der Waals surface area contributed by atoms with E-state index in [-0.39, 0.29) is 0 Å². The maximum absolute atomic E-state index is 3.47. The number of hydrogen-bond acceptors (Lipinski definition) is 2. The molecular formula is C17H30N2. The Bertz CT molecular complexity index is 332. The van der Waals surface area contributed by atoms with E-state index in [1.807, 2.05) is 0 Å². The van der Waals surface area contributed by atoms with Crippen LogP contribution in [0, 0.1) is 6.92 Å². The summed E-state index contributed by atoms with van der Waals surface area (Å²) in [5.74, 6) is 0. The molecule has 1 aromatic rings. The third kappa shape index (κ3) is 6.74. The molecule has 2 nitrogen and oxygen atoms in total. The predicted molar refractivity (Wildman–Crippen MR) is 84.5 cm³/mol. The number of rotatable bonds is 9. The first-order chi connectivity index (χ1) is 9.13. The van der Waals surface area contributed by atoms with Crippen LogP contribution in [0.2, 0.25) is 0 Å². The molecule has 0 aliphatic rings. The minimum absolute atomic E-state index is 0.643. The van der Waals surface area contributed by atoms with Crippen LogP contribution in [0.15, 0.2) is 24.3 Å². The van der Waals surface area contributed by atoms with Crippen molar-refractivity contribution in [3.63, 3.8) is 0 Å². The van der Waals surface area contributed by atoms with E-state index in [0.29, 0.717) is 6.04 Å². The molecule has 19 heavy (non-hydrogen) atoms. The van der Waals surface area contributed by atoms with Crippen LogP contribution in [-0.4, -0.2) is 31.1 Å². The number of benzene rings is 1. The highest BCUT2D eigenvalue weighted by atomic mass is 15.1. The number of nitrogens with zero attached hydrogens (tertiary/aromatic N) is 1. The average Bonchev–Trinajstić information content (AvgIpc) is 2.41. The first-order valence-electron chi connectivity index (χ1n) is 7.60. The van der Waals surface area contributed by atoms with Crippen LogP contribution in [0.25, 0.3) is 0 Å². The van der Waals surface area contributed by atoms with Gasteiger partial charge in [0.2, 0.25) is 0 Å². The standard InChI is InChI=1S/C17H30N2/c1-5-12-18-13-6-7-16(3)19(4)14-17-10-8-15(2)9-11-17/h8-11,16,18H,5-7,12-14H2,1-4H3. The molecule has 0 fully saturated rings. The first-order valence-corrected chi connectivity index (χ1v) is 7.60. The lowest BCUT2D eigenvalue weighted by Gasteiger charge is -2.25. The Labute approximate surface area is 119 Å². The molecule has 0 saturated heterocycles. The van der Waals surface area contributed by atoms with Gasteiger partial charge < -0.3 is 5.32 Å². The lowest BCUT2D eigenvalue weighted by molar-refractivity contribution is 0.234. The van der Waals surface area contributed by atoms with E-state index in [1.165, 1.54) is 30.4 Å². The summed E-state index contributed by atoms with van der Waals surface area (Å²) in [5, 5.41) is 3.47. The summed E-state index contributed by atoms with van der Waals surface area (Å²) >= 11 is 0. The van der Waals surface area contributed by atoms with Gasteiger partial charge in [-0.05, 0) is 58.8 Å². The van der Waals surface area contributed by atoms with E-state index in [9.17, 15) is 0 Å². The quantitative estimate of drug-likeness (QED) is 0.684. The van der Waals surface area contributed by atoms with Crippen molar-refractivity contribution in [2.45, 2.75) is 52.6 Å². The summed E-state index contributed by atoms with van der Waals surface area (Å²) < 4.78 is 0. The van der Waals surface area contributed by atoms with Crippen molar-refractivity contribution >= 4 is 0 Å². The summed E-state index contributed by atoms with van der Waals surface area (Å²) in [6, 6.07) is 9.51. The van der Waals surface area contributed by atoms with Crippen LogP contribution in [0.4, 0.5) is 0 Å². The summed E-state index contributed by atoms with van der Waals surface area (Å²) in [7, 11) is 2.23. The number of aryl methyl sites for hydroxylation is 1. The highest BCUT2D eigenvalue weighted by Gasteiger charge is 2.09. The molecule has 0 spiro atoms. The third-order valence-electron chi connectivity index (χ3n) is 3.71. The summed E-state index contributed by atoms with van der Waals surface area (Å²) in [5.41, 5.74) is 2.74. The average molecular weight is 262 g/mol. The van der Waals surface area contributed by atoms with Gasteiger partial charge in [0.15, 0.2) is 0 Å². The molecule has 0 radical (unpaired) electrons. The lowest BCUT2D eigenvalue weighted by atomic mass is 10.1. The SMILES string of the molecule is CCCNCCCC(C)N(C)Cc1ccc(C)cc1. The molecule has 0 heterocycles. The fraction of sp³-hybridized carbons (Fsp3) is 0.647. The first kappa shape index (κ1) is 16.2. The van der Waals surface area contributed by atoms with E-state index < -0.39 is 0 Å². The largest absolute Gasteiger partial charge is 0.317 e. The molecule has 1 N–H and O–H groups in total. The molecule has 1 atom stereocenters. The van der Waals surface area contributed by atoms with Crippen LogP contribution >= 0.6 is 0 Å². The Morgan fingerprint density at radius 3 is 2.47 bits per heavy atom. The van der Waals surface area contributed by atoms with Gasteiger partial charge in [0.05, 0.1) is 0 Å². The minimum atomic E-state index is 0.643. The van der Waals surface area contributed by atoms with Crippen molar-refractivity contribution < 1.29 is 0 Å². The van der Waals surface area contributed by atoms with Crippen molar-refractivity contribution in [1.29, 1.82) is 0 Å². The number of nitrogens with one attached hydrogen (secondary N) is 1. The molecule has 1 aromatic carbocycles. The molecule has 0 aromatic heterocycles. The van der Waals surface area contributed by atoms with Gasteiger partial charge in [-0.15, -0.1) is 0 Å². The van der Waals surface area contributed by atoms with Gasteiger partial charge in [0.1, 0.15) is 0 Å². The van der Waals surface area contributed by atoms with Gasteiger partial charge in [-0.3, -0.25) is 4.90 Å². The minimum Gasteiger partial charge on any atom is -0.317 e. The Balaban J connectivity index is 2.24. The van der Waals surface area contributed by atoms with Gasteiger partial charge in [0.25, 0.3) is 0 Å². The monoisotopic (exact) mass is 262 g/mol. The zero-order valence-electron chi connectivity index (χ0n) is 13.1. The Morgan fingerprint density at radius 1 is 1.16 bits per heavy atom. The summed E-state index contributed by atoms with van der Waals surface area (Å²) in [4.78, 5) is 2.45. The van der Waals surface area contributed by atoms with Crippen molar-refractivity contribution in [3.05, 3.63) is 35.4 Å². The Hall–Kier alpha value is -0.860. The fourth-order valence-corrected chi connectivity index (χ4v) is 2.18. The molecule has 0 bridgehead atoms. The van der Waals surface area contributed by atoms with E-state index >= 15 is 0 Å². The second-order valence-electron chi connectivity index (χ2n) is 5.64. The smallest absolute Gasteiger partial charge is 0.0233 e. The van der Waals surface area contributed by atoms with Gasteiger partial charge in [-0.1, -0.05) is 36.8 Å². The lowest BCUT2D eigenvalue weighted by Crippen LogP contribution is -2.29. The molecule has 108 valence electrons. The highest BCUT2D eigenvalue weighted by molar-refractivity contribution is 5.21. The van der Waals surface area contributed by atoms with E-state index in [4.69, 9.17) is 0 Å². The van der Waals surface area contributed by atoms with E-state index in [0.717, 1.165) is 19.6 Å². The zero-order chi connectivity index (χ0) is 14.1. The van der Waals surface area contributed by atoms with Gasteiger partial charge in [-0.25, -0.2) is 0 Å².